The summed E-state index contributed by atoms with van der Waals surface area (Å²) in [6.07, 6.45) is 0.515. The topological polar surface area (TPSA) is 69.8 Å². The van der Waals surface area contributed by atoms with Gasteiger partial charge in [0.1, 0.15) is 6.04 Å². The summed E-state index contributed by atoms with van der Waals surface area (Å²) in [5, 5.41) is 9.23. The molecule has 3 N–H and O–H groups in total. The summed E-state index contributed by atoms with van der Waals surface area (Å²) in [4.78, 5) is 15.5. The normalized spacial score (nSPS) is 18.3. The molecule has 1 atom stereocenters. The fraction of sp³-hybridized carbons (Fsp3) is 0.500. The number of nitrogens with two attached hydrogens (primary N) is 1. The largest absolute Gasteiger partial charge is 0.480 e. The summed E-state index contributed by atoms with van der Waals surface area (Å²) >= 11 is 0. The van der Waals surface area contributed by atoms with Crippen LogP contribution in [0.3, 0.4) is 0 Å². The lowest BCUT2D eigenvalue weighted by Gasteiger charge is -2.38. The summed E-state index contributed by atoms with van der Waals surface area (Å²) in [7, 11) is 0. The van der Waals surface area contributed by atoms with Crippen LogP contribution in [0.15, 0.2) is 30.3 Å². The molecule has 5 heteroatoms. The summed E-state index contributed by atoms with van der Waals surface area (Å²) in [6, 6.07) is 9.78. The van der Waals surface area contributed by atoms with Crippen LogP contribution in [0, 0.1) is 0 Å². The molecule has 0 aliphatic carbocycles. The smallest absolute Gasteiger partial charge is 0.320 e. The fourth-order valence-electron chi connectivity index (χ4n) is 2.55. The Labute approximate surface area is 113 Å². The van der Waals surface area contributed by atoms with Crippen molar-refractivity contribution in [3.8, 4) is 0 Å². The van der Waals surface area contributed by atoms with Crippen molar-refractivity contribution in [3.05, 3.63) is 30.3 Å². The van der Waals surface area contributed by atoms with Gasteiger partial charge in [0.05, 0.1) is 0 Å². The van der Waals surface area contributed by atoms with E-state index in [1.165, 1.54) is 5.69 Å². The zero-order chi connectivity index (χ0) is 13.7. The third kappa shape index (κ3) is 3.45. The molecule has 104 valence electrons. The Morgan fingerprint density at radius 2 is 1.84 bits per heavy atom. The molecule has 0 aromatic heterocycles. The first-order valence-electron chi connectivity index (χ1n) is 6.69. The first kappa shape index (κ1) is 13.8. The Hall–Kier alpha value is -1.59. The van der Waals surface area contributed by atoms with E-state index in [9.17, 15) is 9.90 Å². The maximum Gasteiger partial charge on any atom is 0.320 e. The van der Waals surface area contributed by atoms with Gasteiger partial charge in [0, 0.05) is 31.9 Å². The summed E-state index contributed by atoms with van der Waals surface area (Å²) in [5.41, 5.74) is 6.69. The number of piperazine rings is 1. The molecule has 0 spiro atoms. The lowest BCUT2D eigenvalue weighted by molar-refractivity contribution is -0.143. The molecule has 1 fully saturated rings. The highest BCUT2D eigenvalue weighted by Crippen LogP contribution is 2.17. The lowest BCUT2D eigenvalue weighted by atomic mass is 10.1. The molecular weight excluding hydrogens is 242 g/mol. The first-order valence-corrected chi connectivity index (χ1v) is 6.69. The van der Waals surface area contributed by atoms with Gasteiger partial charge in [0.2, 0.25) is 0 Å². The van der Waals surface area contributed by atoms with E-state index in [1.807, 2.05) is 23.1 Å². The van der Waals surface area contributed by atoms with E-state index in [-0.39, 0.29) is 0 Å². The standard InChI is InChI=1S/C14H21N3O2/c15-7-6-13(14(18)19)17-10-8-16(9-11-17)12-4-2-1-3-5-12/h1-5,13H,6-11,15H2,(H,18,19). The Bertz CT molecular complexity index is 402. The van der Waals surface area contributed by atoms with Crippen molar-refractivity contribution < 1.29 is 9.90 Å². The van der Waals surface area contributed by atoms with Crippen LogP contribution in [0.1, 0.15) is 6.42 Å². The third-order valence-corrected chi connectivity index (χ3v) is 3.60. The zero-order valence-electron chi connectivity index (χ0n) is 11.0. The van der Waals surface area contributed by atoms with Crippen LogP contribution in [0.2, 0.25) is 0 Å². The van der Waals surface area contributed by atoms with Gasteiger partial charge in [-0.2, -0.15) is 0 Å². The van der Waals surface area contributed by atoms with Crippen molar-refractivity contribution in [2.45, 2.75) is 12.5 Å². The van der Waals surface area contributed by atoms with Crippen LogP contribution < -0.4 is 10.6 Å². The Morgan fingerprint density at radius 1 is 1.21 bits per heavy atom. The van der Waals surface area contributed by atoms with Crippen LogP contribution in [-0.4, -0.2) is 54.7 Å². The first-order chi connectivity index (χ1) is 9.22. The van der Waals surface area contributed by atoms with Gasteiger partial charge >= 0.3 is 5.97 Å². The number of rotatable bonds is 5. The van der Waals surface area contributed by atoms with Gasteiger partial charge in [-0.25, -0.2) is 0 Å². The van der Waals surface area contributed by atoms with Gasteiger partial charge in [-0.1, -0.05) is 18.2 Å². The predicted molar refractivity (Wildman–Crippen MR) is 75.3 cm³/mol. The molecule has 1 aliphatic heterocycles. The highest BCUT2D eigenvalue weighted by atomic mass is 16.4. The number of carboxylic acid groups (broad SMARTS) is 1. The van der Waals surface area contributed by atoms with Crippen molar-refractivity contribution in [3.63, 3.8) is 0 Å². The second-order valence-electron chi connectivity index (χ2n) is 4.79. The fourth-order valence-corrected chi connectivity index (χ4v) is 2.55. The van der Waals surface area contributed by atoms with Crippen LogP contribution in [0.25, 0.3) is 0 Å². The maximum absolute atomic E-state index is 11.2. The van der Waals surface area contributed by atoms with E-state index >= 15 is 0 Å². The summed E-state index contributed by atoms with van der Waals surface area (Å²) < 4.78 is 0. The van der Waals surface area contributed by atoms with E-state index in [0.29, 0.717) is 13.0 Å². The molecule has 1 aromatic carbocycles. The minimum absolute atomic E-state index is 0.413. The SMILES string of the molecule is NCCC(C(=O)O)N1CCN(c2ccccc2)CC1. The minimum atomic E-state index is -0.765. The second-order valence-corrected chi connectivity index (χ2v) is 4.79. The molecular formula is C14H21N3O2. The molecule has 2 rings (SSSR count). The lowest BCUT2D eigenvalue weighted by Crippen LogP contribution is -2.53. The number of para-hydroxylation sites is 1. The van der Waals surface area contributed by atoms with Gasteiger partial charge in [0.25, 0.3) is 0 Å². The van der Waals surface area contributed by atoms with Crippen LogP contribution in [0.4, 0.5) is 5.69 Å². The average molecular weight is 263 g/mol. The number of aliphatic carboxylic acids is 1. The predicted octanol–water partition coefficient (Wildman–Crippen LogP) is 0.611. The van der Waals surface area contributed by atoms with Gasteiger partial charge in [0.15, 0.2) is 0 Å². The average Bonchev–Trinajstić information content (AvgIpc) is 2.46. The van der Waals surface area contributed by atoms with Crippen molar-refractivity contribution in [2.75, 3.05) is 37.6 Å². The molecule has 0 amide bonds. The van der Waals surface area contributed by atoms with Crippen LogP contribution in [-0.2, 0) is 4.79 Å². The Balaban J connectivity index is 1.93. The molecule has 19 heavy (non-hydrogen) atoms. The molecule has 0 radical (unpaired) electrons. The third-order valence-electron chi connectivity index (χ3n) is 3.60. The number of nitrogens with zero attached hydrogens (tertiary/aromatic N) is 2. The number of anilines is 1. The molecule has 0 bridgehead atoms. The molecule has 1 unspecified atom stereocenters. The highest BCUT2D eigenvalue weighted by molar-refractivity contribution is 5.73. The van der Waals surface area contributed by atoms with Crippen molar-refractivity contribution in [1.82, 2.24) is 4.90 Å². The monoisotopic (exact) mass is 263 g/mol. The van der Waals surface area contributed by atoms with Gasteiger partial charge in [-0.3, -0.25) is 9.69 Å². The van der Waals surface area contributed by atoms with Crippen molar-refractivity contribution in [2.24, 2.45) is 5.73 Å². The van der Waals surface area contributed by atoms with Crippen molar-refractivity contribution in [1.29, 1.82) is 0 Å². The highest BCUT2D eigenvalue weighted by Gasteiger charge is 2.28. The van der Waals surface area contributed by atoms with E-state index in [1.54, 1.807) is 0 Å². The molecule has 5 nitrogen and oxygen atoms in total. The van der Waals surface area contributed by atoms with Gasteiger partial charge in [-0.05, 0) is 25.1 Å². The summed E-state index contributed by atoms with van der Waals surface area (Å²) in [6.45, 7) is 3.67. The van der Waals surface area contributed by atoms with E-state index in [2.05, 4.69) is 17.0 Å². The Kier molecular flexibility index (Phi) is 4.76. The molecule has 0 saturated carbocycles. The van der Waals surface area contributed by atoms with E-state index in [4.69, 9.17) is 5.73 Å². The second kappa shape index (κ2) is 6.54. The number of carboxylic acids is 1. The van der Waals surface area contributed by atoms with Crippen molar-refractivity contribution >= 4 is 11.7 Å². The summed E-state index contributed by atoms with van der Waals surface area (Å²) in [5.74, 6) is -0.765. The quantitative estimate of drug-likeness (QED) is 0.814. The minimum Gasteiger partial charge on any atom is -0.480 e. The van der Waals surface area contributed by atoms with E-state index in [0.717, 1.165) is 26.2 Å². The van der Waals surface area contributed by atoms with Crippen LogP contribution >= 0.6 is 0 Å². The van der Waals surface area contributed by atoms with E-state index < -0.39 is 12.0 Å². The number of hydrogen-bond donors (Lipinski definition) is 2. The number of carbonyl (C=O) groups is 1. The maximum atomic E-state index is 11.2. The molecule has 1 heterocycles. The van der Waals surface area contributed by atoms with Crippen LogP contribution in [0.5, 0.6) is 0 Å². The molecule has 1 aliphatic rings. The number of hydrogen-bond acceptors (Lipinski definition) is 4. The number of benzene rings is 1. The zero-order valence-corrected chi connectivity index (χ0v) is 11.0. The van der Waals surface area contributed by atoms with Gasteiger partial charge in [-0.15, -0.1) is 0 Å². The Morgan fingerprint density at radius 3 is 2.37 bits per heavy atom. The molecule has 1 saturated heterocycles. The molecule has 1 aromatic rings. The van der Waals surface area contributed by atoms with Gasteiger partial charge < -0.3 is 15.7 Å².